The van der Waals surface area contributed by atoms with Gasteiger partial charge in [0.2, 0.25) is 0 Å². The lowest BCUT2D eigenvalue weighted by Gasteiger charge is -2.20. The lowest BCUT2D eigenvalue weighted by Crippen LogP contribution is -2.27. The summed E-state index contributed by atoms with van der Waals surface area (Å²) in [5.41, 5.74) is 6.76. The highest BCUT2D eigenvalue weighted by atomic mass is 16.6. The fourth-order valence-electron chi connectivity index (χ4n) is 3.10. The van der Waals surface area contributed by atoms with Crippen LogP contribution < -0.4 is 11.1 Å². The summed E-state index contributed by atoms with van der Waals surface area (Å²) >= 11 is 0. The van der Waals surface area contributed by atoms with Gasteiger partial charge in [0, 0.05) is 5.69 Å². The van der Waals surface area contributed by atoms with Gasteiger partial charge >= 0.3 is 6.09 Å². The Labute approximate surface area is 131 Å². The molecule has 2 atom stereocenters. The Kier molecular flexibility index (Phi) is 4.13. The maximum Gasteiger partial charge on any atom is 0.412 e. The van der Waals surface area contributed by atoms with Crippen LogP contribution in [0.1, 0.15) is 46.1 Å². The second-order valence-electron chi connectivity index (χ2n) is 7.54. The van der Waals surface area contributed by atoms with E-state index in [0.717, 1.165) is 5.56 Å². The van der Waals surface area contributed by atoms with Crippen molar-refractivity contribution in [2.75, 3.05) is 11.9 Å². The van der Waals surface area contributed by atoms with Crippen molar-refractivity contribution in [1.29, 1.82) is 0 Å². The van der Waals surface area contributed by atoms with E-state index >= 15 is 0 Å². The summed E-state index contributed by atoms with van der Waals surface area (Å²) in [7, 11) is 0. The quantitative estimate of drug-likeness (QED) is 0.747. The van der Waals surface area contributed by atoms with Crippen LogP contribution in [-0.2, 0) is 4.74 Å². The highest BCUT2D eigenvalue weighted by Crippen LogP contribution is 2.65. The molecule has 22 heavy (non-hydrogen) atoms. The van der Waals surface area contributed by atoms with E-state index in [9.17, 15) is 9.90 Å². The zero-order valence-corrected chi connectivity index (χ0v) is 13.9. The molecule has 5 nitrogen and oxygen atoms in total. The van der Waals surface area contributed by atoms with Crippen molar-refractivity contribution in [3.63, 3.8) is 0 Å². The molecule has 1 aromatic rings. The number of nitrogens with one attached hydrogen (secondary N) is 1. The lowest BCUT2D eigenvalue weighted by molar-refractivity contribution is 0.0636. The number of ether oxygens (including phenoxy) is 1. The minimum Gasteiger partial charge on any atom is -0.508 e. The number of carbonyl (C=O) groups is 1. The van der Waals surface area contributed by atoms with Gasteiger partial charge in [-0.2, -0.15) is 0 Å². The zero-order chi connectivity index (χ0) is 16.7. The number of anilines is 1. The van der Waals surface area contributed by atoms with Gasteiger partial charge in [-0.3, -0.25) is 5.32 Å². The molecule has 4 N–H and O–H groups in total. The first-order valence-electron chi connectivity index (χ1n) is 7.59. The Hall–Kier alpha value is -1.75. The van der Waals surface area contributed by atoms with Gasteiger partial charge in [0.25, 0.3) is 0 Å². The summed E-state index contributed by atoms with van der Waals surface area (Å²) in [6.45, 7) is 10.3. The van der Waals surface area contributed by atoms with Gasteiger partial charge in [-0.25, -0.2) is 4.79 Å². The van der Waals surface area contributed by atoms with E-state index in [1.807, 2.05) is 20.8 Å². The standard InChI is InChI=1S/C17H26N2O3/c1-16(2,3)22-15(21)19-10-6-7-13(20)11(8-10)14-12(9-18)17(14,4)5/h6-8,12,14,20H,9,18H2,1-5H3,(H,19,21)/t12-,14-/m1/s1. The van der Waals surface area contributed by atoms with E-state index in [-0.39, 0.29) is 17.1 Å². The van der Waals surface area contributed by atoms with Gasteiger partial charge in [-0.05, 0) is 68.3 Å². The van der Waals surface area contributed by atoms with E-state index in [4.69, 9.17) is 10.5 Å². The first-order valence-corrected chi connectivity index (χ1v) is 7.59. The molecule has 0 unspecified atom stereocenters. The minimum absolute atomic E-state index is 0.0662. The maximum atomic E-state index is 11.8. The van der Waals surface area contributed by atoms with Crippen LogP contribution in [0.15, 0.2) is 18.2 Å². The van der Waals surface area contributed by atoms with E-state index < -0.39 is 11.7 Å². The topological polar surface area (TPSA) is 84.6 Å². The summed E-state index contributed by atoms with van der Waals surface area (Å²) in [6, 6.07) is 5.07. The number of hydrogen-bond acceptors (Lipinski definition) is 4. The molecule has 0 spiro atoms. The smallest absolute Gasteiger partial charge is 0.412 e. The van der Waals surface area contributed by atoms with Gasteiger partial charge in [0.05, 0.1) is 0 Å². The average molecular weight is 306 g/mol. The first-order chi connectivity index (χ1) is 10.1. The first kappa shape index (κ1) is 16.6. The third-order valence-corrected chi connectivity index (χ3v) is 4.31. The Balaban J connectivity index is 2.17. The molecular formula is C17H26N2O3. The van der Waals surface area contributed by atoms with Crippen LogP contribution in [-0.4, -0.2) is 23.3 Å². The molecule has 0 radical (unpaired) electrons. The van der Waals surface area contributed by atoms with Gasteiger partial charge < -0.3 is 15.6 Å². The summed E-state index contributed by atoms with van der Waals surface area (Å²) in [6.07, 6.45) is -0.505. The fourth-order valence-corrected chi connectivity index (χ4v) is 3.10. The normalized spacial score (nSPS) is 23.0. The van der Waals surface area contributed by atoms with E-state index in [2.05, 4.69) is 19.2 Å². The monoisotopic (exact) mass is 306 g/mol. The largest absolute Gasteiger partial charge is 0.508 e. The van der Waals surface area contributed by atoms with Crippen LogP contribution in [0.2, 0.25) is 0 Å². The van der Waals surface area contributed by atoms with Crippen molar-refractivity contribution >= 4 is 11.8 Å². The number of amides is 1. The molecule has 122 valence electrons. The fraction of sp³-hybridized carbons (Fsp3) is 0.588. The lowest BCUT2D eigenvalue weighted by atomic mass is 10.0. The van der Waals surface area contributed by atoms with Gasteiger partial charge in [0.15, 0.2) is 0 Å². The summed E-state index contributed by atoms with van der Waals surface area (Å²) in [5, 5.41) is 12.8. The molecule has 1 aliphatic carbocycles. The molecule has 2 rings (SSSR count). The number of carbonyl (C=O) groups excluding carboxylic acids is 1. The highest BCUT2D eigenvalue weighted by molar-refractivity contribution is 5.85. The zero-order valence-electron chi connectivity index (χ0n) is 13.9. The maximum absolute atomic E-state index is 11.8. The third-order valence-electron chi connectivity index (χ3n) is 4.31. The predicted molar refractivity (Wildman–Crippen MR) is 87.0 cm³/mol. The average Bonchev–Trinajstić information content (AvgIpc) is 2.91. The molecule has 1 amide bonds. The van der Waals surface area contributed by atoms with Gasteiger partial charge in [-0.1, -0.05) is 13.8 Å². The minimum atomic E-state index is -0.549. The van der Waals surface area contributed by atoms with Crippen molar-refractivity contribution in [2.24, 2.45) is 17.1 Å². The Morgan fingerprint density at radius 1 is 1.41 bits per heavy atom. The van der Waals surface area contributed by atoms with Crippen LogP contribution in [0.3, 0.4) is 0 Å². The Morgan fingerprint density at radius 3 is 2.55 bits per heavy atom. The SMILES string of the molecule is CC(C)(C)OC(=O)Nc1ccc(O)c([C@@H]2[C@@H](CN)C2(C)C)c1. The van der Waals surface area contributed by atoms with E-state index in [1.165, 1.54) is 0 Å². The second-order valence-corrected chi connectivity index (χ2v) is 7.54. The van der Waals surface area contributed by atoms with Gasteiger partial charge in [0.1, 0.15) is 11.4 Å². The van der Waals surface area contributed by atoms with Crippen LogP contribution in [0, 0.1) is 11.3 Å². The Morgan fingerprint density at radius 2 is 2.05 bits per heavy atom. The highest BCUT2D eigenvalue weighted by Gasteiger charge is 2.58. The van der Waals surface area contributed by atoms with Gasteiger partial charge in [-0.15, -0.1) is 0 Å². The van der Waals surface area contributed by atoms with Crippen molar-refractivity contribution in [2.45, 2.75) is 46.1 Å². The van der Waals surface area contributed by atoms with Crippen molar-refractivity contribution in [1.82, 2.24) is 0 Å². The van der Waals surface area contributed by atoms with Crippen LogP contribution in [0.4, 0.5) is 10.5 Å². The molecule has 1 aliphatic rings. The van der Waals surface area contributed by atoms with Crippen molar-refractivity contribution in [3.05, 3.63) is 23.8 Å². The van der Waals surface area contributed by atoms with Crippen molar-refractivity contribution < 1.29 is 14.6 Å². The Bertz CT molecular complexity index is 576. The number of hydrogen-bond donors (Lipinski definition) is 3. The summed E-state index contributed by atoms with van der Waals surface area (Å²) < 4.78 is 5.24. The van der Waals surface area contributed by atoms with E-state index in [1.54, 1.807) is 18.2 Å². The molecular weight excluding hydrogens is 280 g/mol. The molecule has 1 aromatic carbocycles. The molecule has 0 heterocycles. The van der Waals surface area contributed by atoms with Crippen molar-refractivity contribution in [3.8, 4) is 5.75 Å². The molecule has 5 heteroatoms. The van der Waals surface area contributed by atoms with Crippen LogP contribution in [0.25, 0.3) is 0 Å². The number of rotatable bonds is 3. The number of benzene rings is 1. The molecule has 0 bridgehead atoms. The second kappa shape index (κ2) is 5.47. The molecule has 0 saturated heterocycles. The number of phenols is 1. The molecule has 1 saturated carbocycles. The van der Waals surface area contributed by atoms with E-state index in [0.29, 0.717) is 18.2 Å². The molecule has 0 aliphatic heterocycles. The number of nitrogens with two attached hydrogens (primary N) is 1. The van der Waals surface area contributed by atoms with Crippen LogP contribution in [0.5, 0.6) is 5.75 Å². The van der Waals surface area contributed by atoms with Crippen LogP contribution >= 0.6 is 0 Å². The summed E-state index contributed by atoms with van der Waals surface area (Å²) in [4.78, 5) is 11.8. The predicted octanol–water partition coefficient (Wildman–Crippen LogP) is 3.44. The molecule has 0 aromatic heterocycles. The molecule has 1 fully saturated rings. The summed E-state index contributed by atoms with van der Waals surface area (Å²) in [5.74, 6) is 0.789. The third kappa shape index (κ3) is 3.35. The number of phenolic OH excluding ortho intramolecular Hbond substituents is 1. The number of aromatic hydroxyl groups is 1.